The molecular weight excluding hydrogens is 250 g/mol. The van der Waals surface area contributed by atoms with Crippen LogP contribution in [-0.2, 0) is 19.0 Å². The molecule has 1 unspecified atom stereocenters. The lowest BCUT2D eigenvalue weighted by Crippen LogP contribution is -2.38. The van der Waals surface area contributed by atoms with E-state index in [9.17, 15) is 4.79 Å². The number of ether oxygens (including phenoxy) is 3. The van der Waals surface area contributed by atoms with Crippen LogP contribution in [0.3, 0.4) is 0 Å². The van der Waals surface area contributed by atoms with Gasteiger partial charge in [-0.2, -0.15) is 0 Å². The van der Waals surface area contributed by atoms with Crippen molar-refractivity contribution in [3.63, 3.8) is 0 Å². The summed E-state index contributed by atoms with van der Waals surface area (Å²) in [5, 5.41) is 3.75. The van der Waals surface area contributed by atoms with Gasteiger partial charge in [0.2, 0.25) is 0 Å². The quantitative estimate of drug-likeness (QED) is 0.444. The minimum Gasteiger partial charge on any atom is -0.345 e. The molecule has 0 spiro atoms. The van der Waals surface area contributed by atoms with E-state index in [1.54, 1.807) is 27.7 Å². The number of Topliss-reactive ketones (excluding diaryl/α,β-unsaturated/α-hetero) is 1. The molecule has 0 aliphatic carbocycles. The largest absolute Gasteiger partial charge is 0.345 e. The Morgan fingerprint density at radius 3 is 2.74 bits per heavy atom. The topological polar surface area (TPSA) is 93.5 Å². The van der Waals surface area contributed by atoms with Gasteiger partial charge in [0.15, 0.2) is 12.1 Å². The average Bonchev–Trinajstić information content (AvgIpc) is 2.81. The van der Waals surface area contributed by atoms with Crippen LogP contribution in [0, 0.1) is 5.92 Å². The molecule has 2 saturated heterocycles. The number of hydrogen-bond donors (Lipinski definition) is 0. The second-order valence-corrected chi connectivity index (χ2v) is 5.37. The number of fused-ring (bicyclic) bond motifs is 1. The van der Waals surface area contributed by atoms with E-state index in [-0.39, 0.29) is 11.7 Å². The van der Waals surface area contributed by atoms with E-state index in [0.717, 1.165) is 0 Å². The highest BCUT2D eigenvalue weighted by Crippen LogP contribution is 2.41. The normalized spacial score (nSPS) is 37.5. The molecular formula is C12H19N3O4. The molecule has 0 N–H and O–H groups in total. The zero-order chi connectivity index (χ0) is 14.2. The van der Waals surface area contributed by atoms with Gasteiger partial charge in [0.25, 0.3) is 0 Å². The highest BCUT2D eigenvalue weighted by molar-refractivity contribution is 5.81. The van der Waals surface area contributed by atoms with Crippen molar-refractivity contribution in [1.29, 1.82) is 0 Å². The van der Waals surface area contributed by atoms with Crippen LogP contribution < -0.4 is 0 Å². The van der Waals surface area contributed by atoms with Gasteiger partial charge in [0.05, 0.1) is 12.1 Å². The first-order valence-electron chi connectivity index (χ1n) is 6.47. The Morgan fingerprint density at radius 1 is 1.47 bits per heavy atom. The molecule has 0 bridgehead atoms. The van der Waals surface area contributed by atoms with Crippen molar-refractivity contribution in [3.8, 4) is 0 Å². The summed E-state index contributed by atoms with van der Waals surface area (Å²) in [6.45, 7) is 7.13. The van der Waals surface area contributed by atoms with Crippen LogP contribution in [0.25, 0.3) is 10.4 Å². The molecule has 0 radical (unpaired) electrons. The van der Waals surface area contributed by atoms with Crippen LogP contribution in [0.2, 0.25) is 0 Å². The third kappa shape index (κ3) is 2.60. The van der Waals surface area contributed by atoms with Gasteiger partial charge >= 0.3 is 0 Å². The lowest BCUT2D eigenvalue weighted by molar-refractivity contribution is -0.210. The number of carbonyl (C=O) groups excluding carboxylic acids is 1. The Balaban J connectivity index is 2.20. The first-order chi connectivity index (χ1) is 8.89. The molecule has 7 heteroatoms. The Bertz CT molecular complexity index is 419. The molecule has 0 aromatic rings. The molecule has 5 atom stereocenters. The van der Waals surface area contributed by atoms with Gasteiger partial charge in [-0.1, -0.05) is 19.0 Å². The van der Waals surface area contributed by atoms with E-state index >= 15 is 0 Å². The molecule has 0 aromatic carbocycles. The van der Waals surface area contributed by atoms with Gasteiger partial charge in [0.1, 0.15) is 11.9 Å². The summed E-state index contributed by atoms with van der Waals surface area (Å²) < 4.78 is 17.1. The monoisotopic (exact) mass is 269 g/mol. The lowest BCUT2D eigenvalue weighted by Gasteiger charge is -2.26. The Labute approximate surface area is 111 Å². The maximum atomic E-state index is 11.8. The molecule has 2 rings (SSSR count). The molecule has 0 saturated carbocycles. The summed E-state index contributed by atoms with van der Waals surface area (Å²) >= 11 is 0. The predicted octanol–water partition coefficient (Wildman–Crippen LogP) is 2.16. The van der Waals surface area contributed by atoms with E-state index in [1.807, 2.05) is 0 Å². The van der Waals surface area contributed by atoms with Gasteiger partial charge in [-0.05, 0) is 19.4 Å². The number of ketones is 1. The third-order valence-corrected chi connectivity index (χ3v) is 3.59. The fourth-order valence-corrected chi connectivity index (χ4v) is 2.63. The van der Waals surface area contributed by atoms with E-state index in [0.29, 0.717) is 6.42 Å². The molecule has 7 nitrogen and oxygen atoms in total. The summed E-state index contributed by atoms with van der Waals surface area (Å²) in [6, 6.07) is -0.540. The highest BCUT2D eigenvalue weighted by Gasteiger charge is 2.56. The lowest BCUT2D eigenvalue weighted by atomic mass is 9.92. The van der Waals surface area contributed by atoms with Crippen molar-refractivity contribution in [1.82, 2.24) is 0 Å². The van der Waals surface area contributed by atoms with E-state index in [1.165, 1.54) is 0 Å². The van der Waals surface area contributed by atoms with Crippen molar-refractivity contribution in [2.45, 2.75) is 64.4 Å². The second kappa shape index (κ2) is 5.09. The van der Waals surface area contributed by atoms with Crippen LogP contribution in [0.15, 0.2) is 5.11 Å². The molecule has 19 heavy (non-hydrogen) atoms. The minimum absolute atomic E-state index is 0.0716. The average molecular weight is 269 g/mol. The summed E-state index contributed by atoms with van der Waals surface area (Å²) in [6.07, 6.45) is -1.10. The second-order valence-electron chi connectivity index (χ2n) is 5.37. The SMILES string of the molecule is CCC(=O)[C@H](C)[C@H]1O[C@@H]2OC(C)(C)O[C@@H]2C1N=[N+]=[N-]. The van der Waals surface area contributed by atoms with Gasteiger partial charge in [-0.15, -0.1) is 0 Å². The number of hydrogen-bond acceptors (Lipinski definition) is 5. The summed E-state index contributed by atoms with van der Waals surface area (Å²) in [4.78, 5) is 14.6. The van der Waals surface area contributed by atoms with Gasteiger partial charge in [-0.25, -0.2) is 0 Å². The van der Waals surface area contributed by atoms with Crippen LogP contribution in [0.1, 0.15) is 34.1 Å². The molecule has 0 amide bonds. The third-order valence-electron chi connectivity index (χ3n) is 3.59. The number of rotatable bonds is 4. The number of azide groups is 1. The molecule has 2 fully saturated rings. The Kier molecular flexibility index (Phi) is 3.82. The van der Waals surface area contributed by atoms with Crippen molar-refractivity contribution in [2.24, 2.45) is 11.0 Å². The van der Waals surface area contributed by atoms with Crippen LogP contribution >= 0.6 is 0 Å². The van der Waals surface area contributed by atoms with Gasteiger partial charge < -0.3 is 14.2 Å². The summed E-state index contributed by atoms with van der Waals surface area (Å²) in [5.41, 5.74) is 8.69. The fourth-order valence-electron chi connectivity index (χ4n) is 2.63. The Morgan fingerprint density at radius 2 is 2.16 bits per heavy atom. The Hall–Kier alpha value is -1.14. The minimum atomic E-state index is -0.762. The van der Waals surface area contributed by atoms with Gasteiger partial charge in [-0.3, -0.25) is 4.79 Å². The zero-order valence-electron chi connectivity index (χ0n) is 11.6. The van der Waals surface area contributed by atoms with Crippen LogP contribution in [0.5, 0.6) is 0 Å². The summed E-state index contributed by atoms with van der Waals surface area (Å²) in [5.74, 6) is -1.04. The van der Waals surface area contributed by atoms with E-state index in [4.69, 9.17) is 19.7 Å². The smallest absolute Gasteiger partial charge is 0.187 e. The van der Waals surface area contributed by atoms with Crippen molar-refractivity contribution in [3.05, 3.63) is 10.4 Å². The van der Waals surface area contributed by atoms with Crippen molar-refractivity contribution >= 4 is 5.78 Å². The fraction of sp³-hybridized carbons (Fsp3) is 0.917. The maximum Gasteiger partial charge on any atom is 0.187 e. The molecule has 0 aromatic heterocycles. The molecule has 106 valence electrons. The zero-order valence-corrected chi connectivity index (χ0v) is 11.6. The van der Waals surface area contributed by atoms with Crippen molar-refractivity contribution in [2.75, 3.05) is 0 Å². The number of carbonyl (C=O) groups is 1. The number of nitrogens with zero attached hydrogens (tertiary/aromatic N) is 3. The van der Waals surface area contributed by atoms with Crippen LogP contribution in [-0.4, -0.2) is 36.1 Å². The van der Waals surface area contributed by atoms with Gasteiger partial charge in [0, 0.05) is 17.3 Å². The maximum absolute atomic E-state index is 11.8. The van der Waals surface area contributed by atoms with E-state index < -0.39 is 30.3 Å². The first kappa shape index (κ1) is 14.3. The standard InChI is InChI=1S/C12H19N3O4/c1-5-7(16)6(2)9-8(14-15-13)10-11(17-9)19-12(3,4)18-10/h6,8-11H,5H2,1-4H3/t6-,8?,9+,10+,11+/m0/s1. The molecule has 2 aliphatic heterocycles. The molecule has 2 heterocycles. The first-order valence-corrected chi connectivity index (χ1v) is 6.47. The van der Waals surface area contributed by atoms with Crippen molar-refractivity contribution < 1.29 is 19.0 Å². The van der Waals surface area contributed by atoms with E-state index in [2.05, 4.69) is 10.0 Å². The predicted molar refractivity (Wildman–Crippen MR) is 66.1 cm³/mol. The molecule has 2 aliphatic rings. The highest BCUT2D eigenvalue weighted by atomic mass is 16.8. The summed E-state index contributed by atoms with van der Waals surface area (Å²) in [7, 11) is 0. The van der Waals surface area contributed by atoms with Crippen LogP contribution in [0.4, 0.5) is 0 Å².